The first kappa shape index (κ1) is 11.7. The smallest absolute Gasteiger partial charge is 0.188 e. The number of aliphatic hydroxyl groups is 2. The molecule has 9 heteroatoms. The Morgan fingerprint density at radius 3 is 3.10 bits per heavy atom. The van der Waals surface area contributed by atoms with E-state index in [0.717, 1.165) is 5.39 Å². The maximum atomic E-state index is 9.79. The van der Waals surface area contributed by atoms with Gasteiger partial charge in [-0.15, -0.1) is 5.10 Å². The molecular weight excluding hydrogens is 264 g/mol. The van der Waals surface area contributed by atoms with E-state index in [4.69, 9.17) is 9.84 Å². The van der Waals surface area contributed by atoms with E-state index in [2.05, 4.69) is 20.4 Å². The highest BCUT2D eigenvalue weighted by molar-refractivity contribution is 5.87. The number of rotatable bonds is 2. The zero-order valence-corrected chi connectivity index (χ0v) is 10.4. The van der Waals surface area contributed by atoms with Crippen LogP contribution in [0.3, 0.4) is 0 Å². The summed E-state index contributed by atoms with van der Waals surface area (Å²) in [6.07, 6.45) is 3.56. The van der Waals surface area contributed by atoms with E-state index >= 15 is 0 Å². The Kier molecular flexibility index (Phi) is 2.46. The van der Waals surface area contributed by atoms with Crippen LogP contribution in [-0.4, -0.2) is 58.6 Å². The SMILES string of the molecule is OC[C@H]1O[C@@H](n2ncc3c2nnn2ccnc32)C[C@@H]1O. The van der Waals surface area contributed by atoms with Gasteiger partial charge in [0.05, 0.1) is 30.5 Å². The lowest BCUT2D eigenvalue weighted by atomic mass is 10.2. The molecule has 0 amide bonds. The van der Waals surface area contributed by atoms with Gasteiger partial charge in [0.15, 0.2) is 17.5 Å². The first-order chi connectivity index (χ1) is 9.78. The molecule has 1 saturated heterocycles. The fourth-order valence-corrected chi connectivity index (χ4v) is 2.51. The van der Waals surface area contributed by atoms with Crippen molar-refractivity contribution in [1.82, 2.24) is 29.6 Å². The van der Waals surface area contributed by atoms with Crippen molar-refractivity contribution in [3.8, 4) is 0 Å². The van der Waals surface area contributed by atoms with Gasteiger partial charge in [-0.1, -0.05) is 5.21 Å². The monoisotopic (exact) mass is 276 g/mol. The van der Waals surface area contributed by atoms with Crippen molar-refractivity contribution in [3.05, 3.63) is 18.6 Å². The maximum Gasteiger partial charge on any atom is 0.188 e. The van der Waals surface area contributed by atoms with Crippen molar-refractivity contribution < 1.29 is 14.9 Å². The molecule has 1 aliphatic rings. The van der Waals surface area contributed by atoms with Crippen molar-refractivity contribution in [1.29, 1.82) is 0 Å². The summed E-state index contributed by atoms with van der Waals surface area (Å²) < 4.78 is 8.70. The topological polar surface area (TPSA) is 111 Å². The van der Waals surface area contributed by atoms with Crippen molar-refractivity contribution in [2.75, 3.05) is 6.61 Å². The fourth-order valence-electron chi connectivity index (χ4n) is 2.51. The standard InChI is InChI=1S/C11H12N6O3/c18-5-8-7(19)3-9(20-8)17-11-6(4-13-17)10-12-1-2-16(10)15-14-11/h1-2,4,7-9,18-19H,3,5H2/t7-,8+,9+/m0/s1. The van der Waals surface area contributed by atoms with E-state index < -0.39 is 18.4 Å². The summed E-state index contributed by atoms with van der Waals surface area (Å²) in [5, 5.41) is 32.0. The Balaban J connectivity index is 1.81. The number of aromatic nitrogens is 6. The molecule has 2 N–H and O–H groups in total. The first-order valence-corrected chi connectivity index (χ1v) is 6.25. The molecular formula is C11H12N6O3. The van der Waals surface area contributed by atoms with Gasteiger partial charge in [0.2, 0.25) is 0 Å². The van der Waals surface area contributed by atoms with E-state index in [1.807, 2.05) is 0 Å². The molecule has 20 heavy (non-hydrogen) atoms. The number of hydrogen-bond donors (Lipinski definition) is 2. The number of fused-ring (bicyclic) bond motifs is 3. The molecule has 0 radical (unpaired) electrons. The number of imidazole rings is 1. The predicted octanol–water partition coefficient (Wildman–Crippen LogP) is -0.885. The van der Waals surface area contributed by atoms with Gasteiger partial charge >= 0.3 is 0 Å². The van der Waals surface area contributed by atoms with Crippen molar-refractivity contribution in [2.45, 2.75) is 24.9 Å². The highest BCUT2D eigenvalue weighted by atomic mass is 16.5. The Morgan fingerprint density at radius 2 is 2.30 bits per heavy atom. The van der Waals surface area contributed by atoms with Gasteiger partial charge in [-0.3, -0.25) is 0 Å². The van der Waals surface area contributed by atoms with E-state index in [1.54, 1.807) is 27.8 Å². The Labute approximate surface area is 112 Å². The molecule has 104 valence electrons. The Bertz CT molecular complexity index is 768. The second kappa shape index (κ2) is 4.20. The average Bonchev–Trinajstić information content (AvgIpc) is 3.13. The zero-order chi connectivity index (χ0) is 13.7. The second-order valence-corrected chi connectivity index (χ2v) is 4.73. The van der Waals surface area contributed by atoms with Crippen LogP contribution in [0.2, 0.25) is 0 Å². The lowest BCUT2D eigenvalue weighted by Gasteiger charge is -2.12. The molecule has 4 heterocycles. The largest absolute Gasteiger partial charge is 0.394 e. The molecule has 9 nitrogen and oxygen atoms in total. The Morgan fingerprint density at radius 1 is 1.40 bits per heavy atom. The van der Waals surface area contributed by atoms with Crippen LogP contribution in [-0.2, 0) is 4.74 Å². The van der Waals surface area contributed by atoms with Crippen LogP contribution in [0.1, 0.15) is 12.6 Å². The summed E-state index contributed by atoms with van der Waals surface area (Å²) in [5.74, 6) is 0. The van der Waals surface area contributed by atoms with Crippen molar-refractivity contribution in [2.24, 2.45) is 0 Å². The summed E-state index contributed by atoms with van der Waals surface area (Å²) in [7, 11) is 0. The van der Waals surface area contributed by atoms with E-state index in [0.29, 0.717) is 17.7 Å². The van der Waals surface area contributed by atoms with Crippen LogP contribution in [0, 0.1) is 0 Å². The summed E-state index contributed by atoms with van der Waals surface area (Å²) >= 11 is 0. The lowest BCUT2D eigenvalue weighted by molar-refractivity contribution is -0.0470. The number of ether oxygens (including phenoxy) is 1. The molecule has 0 aliphatic carbocycles. The van der Waals surface area contributed by atoms with Gasteiger partial charge in [-0.25, -0.2) is 14.2 Å². The van der Waals surface area contributed by atoms with Crippen LogP contribution in [0.4, 0.5) is 0 Å². The third-order valence-corrected chi connectivity index (χ3v) is 3.52. The van der Waals surface area contributed by atoms with Gasteiger partial charge in [0.25, 0.3) is 0 Å². The van der Waals surface area contributed by atoms with E-state index in [1.165, 1.54) is 0 Å². The van der Waals surface area contributed by atoms with Crippen LogP contribution in [0.5, 0.6) is 0 Å². The second-order valence-electron chi connectivity index (χ2n) is 4.73. The summed E-state index contributed by atoms with van der Waals surface area (Å²) in [4.78, 5) is 4.21. The normalized spacial score (nSPS) is 26.8. The minimum atomic E-state index is -0.715. The molecule has 0 bridgehead atoms. The average molecular weight is 276 g/mol. The third-order valence-electron chi connectivity index (χ3n) is 3.52. The molecule has 0 saturated carbocycles. The van der Waals surface area contributed by atoms with Gasteiger partial charge in [0.1, 0.15) is 6.10 Å². The quantitative estimate of drug-likeness (QED) is 0.625. The zero-order valence-electron chi connectivity index (χ0n) is 10.4. The predicted molar refractivity (Wildman–Crippen MR) is 65.7 cm³/mol. The van der Waals surface area contributed by atoms with Crippen LogP contribution >= 0.6 is 0 Å². The van der Waals surface area contributed by atoms with Gasteiger partial charge in [0, 0.05) is 12.6 Å². The summed E-state index contributed by atoms with van der Waals surface area (Å²) in [6.45, 7) is -0.229. The summed E-state index contributed by atoms with van der Waals surface area (Å²) in [6, 6.07) is 0. The van der Waals surface area contributed by atoms with E-state index in [-0.39, 0.29) is 6.61 Å². The minimum Gasteiger partial charge on any atom is -0.394 e. The number of nitrogens with zero attached hydrogens (tertiary/aromatic N) is 6. The molecule has 0 spiro atoms. The molecule has 3 atom stereocenters. The van der Waals surface area contributed by atoms with Crippen molar-refractivity contribution >= 4 is 16.7 Å². The van der Waals surface area contributed by atoms with Crippen molar-refractivity contribution in [3.63, 3.8) is 0 Å². The van der Waals surface area contributed by atoms with Crippen LogP contribution in [0.25, 0.3) is 16.7 Å². The molecule has 0 unspecified atom stereocenters. The van der Waals surface area contributed by atoms with Gasteiger partial charge in [-0.2, -0.15) is 5.10 Å². The molecule has 0 aromatic carbocycles. The Hall–Kier alpha value is -2.10. The maximum absolute atomic E-state index is 9.79. The van der Waals surface area contributed by atoms with Gasteiger partial charge < -0.3 is 14.9 Å². The third kappa shape index (κ3) is 1.54. The first-order valence-electron chi connectivity index (χ1n) is 6.25. The van der Waals surface area contributed by atoms with Crippen LogP contribution < -0.4 is 0 Å². The molecule has 3 aromatic heterocycles. The number of aliphatic hydroxyl groups excluding tert-OH is 2. The fraction of sp³-hybridized carbons (Fsp3) is 0.455. The number of hydrogen-bond acceptors (Lipinski definition) is 7. The van der Waals surface area contributed by atoms with Gasteiger partial charge in [-0.05, 0) is 0 Å². The van der Waals surface area contributed by atoms with E-state index in [9.17, 15) is 5.11 Å². The van der Waals surface area contributed by atoms with Crippen LogP contribution in [0.15, 0.2) is 18.6 Å². The highest BCUT2D eigenvalue weighted by Crippen LogP contribution is 2.30. The molecule has 3 aromatic rings. The molecule has 1 aliphatic heterocycles. The summed E-state index contributed by atoms with van der Waals surface area (Å²) in [5.41, 5.74) is 1.21. The highest BCUT2D eigenvalue weighted by Gasteiger charge is 2.35. The molecule has 1 fully saturated rings. The molecule has 4 rings (SSSR count). The lowest BCUT2D eigenvalue weighted by Crippen LogP contribution is -2.24. The minimum absolute atomic E-state index is 0.229.